The second-order valence-electron chi connectivity index (χ2n) is 6.13. The van der Waals surface area contributed by atoms with E-state index in [0.29, 0.717) is 17.9 Å². The molecule has 17 heavy (non-hydrogen) atoms. The molecule has 0 aromatic carbocycles. The van der Waals surface area contributed by atoms with E-state index in [1.165, 1.54) is 32.1 Å². The minimum Gasteiger partial charge on any atom is -0.353 e. The molecule has 2 fully saturated rings. The molecule has 2 heteroatoms. The Hall–Kier alpha value is -0.530. The van der Waals surface area contributed by atoms with Gasteiger partial charge < -0.3 is 5.32 Å². The summed E-state index contributed by atoms with van der Waals surface area (Å²) in [6.07, 6.45) is 10.2. The van der Waals surface area contributed by atoms with Gasteiger partial charge in [-0.15, -0.1) is 0 Å². The zero-order valence-electron chi connectivity index (χ0n) is 11.4. The second-order valence-corrected chi connectivity index (χ2v) is 6.13. The van der Waals surface area contributed by atoms with E-state index in [1.807, 2.05) is 0 Å². The van der Waals surface area contributed by atoms with E-state index in [9.17, 15) is 4.79 Å². The lowest BCUT2D eigenvalue weighted by Gasteiger charge is -2.39. The van der Waals surface area contributed by atoms with Crippen molar-refractivity contribution in [2.45, 2.75) is 71.3 Å². The second kappa shape index (κ2) is 5.88. The zero-order chi connectivity index (χ0) is 12.3. The Kier molecular flexibility index (Phi) is 4.47. The van der Waals surface area contributed by atoms with Crippen LogP contribution in [0.1, 0.15) is 65.2 Å². The molecule has 0 heterocycles. The molecule has 1 amide bonds. The van der Waals surface area contributed by atoms with Crippen LogP contribution in [0.5, 0.6) is 0 Å². The predicted molar refractivity (Wildman–Crippen MR) is 70.7 cm³/mol. The SMILES string of the molecule is CCC(C)NC(=O)C1CCC2CCCCC2C1. The van der Waals surface area contributed by atoms with Crippen molar-refractivity contribution in [3.05, 3.63) is 0 Å². The summed E-state index contributed by atoms with van der Waals surface area (Å²) in [5, 5.41) is 3.16. The Balaban J connectivity index is 1.84. The maximum atomic E-state index is 12.1. The Labute approximate surface area is 106 Å². The number of amides is 1. The maximum Gasteiger partial charge on any atom is 0.223 e. The van der Waals surface area contributed by atoms with Crippen LogP contribution in [0.3, 0.4) is 0 Å². The van der Waals surface area contributed by atoms with E-state index >= 15 is 0 Å². The zero-order valence-corrected chi connectivity index (χ0v) is 11.4. The third-order valence-electron chi connectivity index (χ3n) is 4.91. The molecule has 0 radical (unpaired) electrons. The normalized spacial score (nSPS) is 34.8. The number of hydrogen-bond acceptors (Lipinski definition) is 1. The van der Waals surface area contributed by atoms with E-state index in [-0.39, 0.29) is 0 Å². The van der Waals surface area contributed by atoms with Crippen LogP contribution in [0.2, 0.25) is 0 Å². The first-order valence-corrected chi connectivity index (χ1v) is 7.51. The molecule has 0 aromatic rings. The van der Waals surface area contributed by atoms with Crippen molar-refractivity contribution in [1.82, 2.24) is 5.32 Å². The highest BCUT2D eigenvalue weighted by Gasteiger charge is 2.35. The Bertz CT molecular complexity index is 264. The third-order valence-corrected chi connectivity index (χ3v) is 4.91. The van der Waals surface area contributed by atoms with Gasteiger partial charge in [-0.05, 0) is 44.4 Å². The van der Waals surface area contributed by atoms with Gasteiger partial charge in [-0.1, -0.05) is 32.6 Å². The molecule has 4 atom stereocenters. The lowest BCUT2D eigenvalue weighted by molar-refractivity contribution is -0.127. The summed E-state index contributed by atoms with van der Waals surface area (Å²) in [4.78, 5) is 12.1. The van der Waals surface area contributed by atoms with Crippen LogP contribution in [0.25, 0.3) is 0 Å². The van der Waals surface area contributed by atoms with Crippen molar-refractivity contribution in [3.8, 4) is 0 Å². The average Bonchev–Trinajstić information content (AvgIpc) is 2.38. The summed E-state index contributed by atoms with van der Waals surface area (Å²) < 4.78 is 0. The molecule has 2 aliphatic carbocycles. The molecule has 98 valence electrons. The Morgan fingerprint density at radius 2 is 1.88 bits per heavy atom. The topological polar surface area (TPSA) is 29.1 Å². The summed E-state index contributed by atoms with van der Waals surface area (Å²) in [6.45, 7) is 4.23. The number of carbonyl (C=O) groups is 1. The summed E-state index contributed by atoms with van der Waals surface area (Å²) in [5.74, 6) is 2.42. The van der Waals surface area contributed by atoms with Crippen LogP contribution in [-0.4, -0.2) is 11.9 Å². The first-order chi connectivity index (χ1) is 8.20. The van der Waals surface area contributed by atoms with Gasteiger partial charge in [0.25, 0.3) is 0 Å². The highest BCUT2D eigenvalue weighted by atomic mass is 16.1. The van der Waals surface area contributed by atoms with Crippen molar-refractivity contribution in [2.24, 2.45) is 17.8 Å². The molecular formula is C15H27NO. The predicted octanol–water partition coefficient (Wildman–Crippen LogP) is 3.51. The first-order valence-electron chi connectivity index (χ1n) is 7.51. The van der Waals surface area contributed by atoms with Gasteiger partial charge in [-0.2, -0.15) is 0 Å². The van der Waals surface area contributed by atoms with Gasteiger partial charge in [-0.3, -0.25) is 4.79 Å². The number of carbonyl (C=O) groups excluding carboxylic acids is 1. The molecular weight excluding hydrogens is 210 g/mol. The van der Waals surface area contributed by atoms with Crippen molar-refractivity contribution < 1.29 is 4.79 Å². The molecule has 0 aliphatic heterocycles. The maximum absolute atomic E-state index is 12.1. The van der Waals surface area contributed by atoms with Gasteiger partial charge in [0.1, 0.15) is 0 Å². The van der Waals surface area contributed by atoms with Crippen LogP contribution in [0.15, 0.2) is 0 Å². The highest BCUT2D eigenvalue weighted by Crippen LogP contribution is 2.42. The van der Waals surface area contributed by atoms with E-state index in [1.54, 1.807) is 0 Å². The number of hydrogen-bond donors (Lipinski definition) is 1. The van der Waals surface area contributed by atoms with Gasteiger partial charge in [0, 0.05) is 12.0 Å². The Morgan fingerprint density at radius 1 is 1.18 bits per heavy atom. The number of nitrogens with one attached hydrogen (secondary N) is 1. The highest BCUT2D eigenvalue weighted by molar-refractivity contribution is 5.79. The summed E-state index contributed by atoms with van der Waals surface area (Å²) in [7, 11) is 0. The summed E-state index contributed by atoms with van der Waals surface area (Å²) >= 11 is 0. The lowest BCUT2D eigenvalue weighted by atomic mass is 9.67. The lowest BCUT2D eigenvalue weighted by Crippen LogP contribution is -2.40. The van der Waals surface area contributed by atoms with E-state index < -0.39 is 0 Å². The minimum absolute atomic E-state index is 0.309. The van der Waals surface area contributed by atoms with Crippen molar-refractivity contribution in [1.29, 1.82) is 0 Å². The van der Waals surface area contributed by atoms with Gasteiger partial charge in [0.2, 0.25) is 5.91 Å². The fourth-order valence-electron chi connectivity index (χ4n) is 3.57. The van der Waals surface area contributed by atoms with Gasteiger partial charge in [0.15, 0.2) is 0 Å². The molecule has 0 saturated heterocycles. The molecule has 2 nitrogen and oxygen atoms in total. The monoisotopic (exact) mass is 237 g/mol. The average molecular weight is 237 g/mol. The number of rotatable bonds is 3. The molecule has 2 saturated carbocycles. The van der Waals surface area contributed by atoms with E-state index in [4.69, 9.17) is 0 Å². The summed E-state index contributed by atoms with van der Waals surface area (Å²) in [6, 6.07) is 0.339. The van der Waals surface area contributed by atoms with Crippen LogP contribution in [-0.2, 0) is 4.79 Å². The third kappa shape index (κ3) is 3.23. The van der Waals surface area contributed by atoms with Crippen molar-refractivity contribution >= 4 is 5.91 Å². The standard InChI is InChI=1S/C15H27NO/c1-3-11(2)16-15(17)14-9-8-12-6-4-5-7-13(12)10-14/h11-14H,3-10H2,1-2H3,(H,16,17). The first kappa shape index (κ1) is 12.9. The molecule has 0 aromatic heterocycles. The van der Waals surface area contributed by atoms with Crippen LogP contribution in [0.4, 0.5) is 0 Å². The van der Waals surface area contributed by atoms with Gasteiger partial charge in [0.05, 0.1) is 0 Å². The van der Waals surface area contributed by atoms with Gasteiger partial charge in [-0.25, -0.2) is 0 Å². The molecule has 2 rings (SSSR count). The summed E-state index contributed by atoms with van der Waals surface area (Å²) in [5.41, 5.74) is 0. The Morgan fingerprint density at radius 3 is 2.59 bits per heavy atom. The van der Waals surface area contributed by atoms with E-state index in [0.717, 1.165) is 31.1 Å². The minimum atomic E-state index is 0.309. The van der Waals surface area contributed by atoms with Crippen LogP contribution < -0.4 is 5.32 Å². The molecule has 0 spiro atoms. The fourth-order valence-corrected chi connectivity index (χ4v) is 3.57. The smallest absolute Gasteiger partial charge is 0.223 e. The molecule has 4 unspecified atom stereocenters. The molecule has 2 aliphatic rings. The molecule has 0 bridgehead atoms. The van der Waals surface area contributed by atoms with Crippen molar-refractivity contribution in [2.75, 3.05) is 0 Å². The number of fused-ring (bicyclic) bond motifs is 1. The molecule has 1 N–H and O–H groups in total. The van der Waals surface area contributed by atoms with Crippen LogP contribution >= 0.6 is 0 Å². The quantitative estimate of drug-likeness (QED) is 0.799. The largest absolute Gasteiger partial charge is 0.353 e. The van der Waals surface area contributed by atoms with E-state index in [2.05, 4.69) is 19.2 Å². The van der Waals surface area contributed by atoms with Crippen molar-refractivity contribution in [3.63, 3.8) is 0 Å². The van der Waals surface area contributed by atoms with Crippen LogP contribution in [0, 0.1) is 17.8 Å². The fraction of sp³-hybridized carbons (Fsp3) is 0.933. The van der Waals surface area contributed by atoms with Gasteiger partial charge >= 0.3 is 0 Å².